The number of nitrogens with zero attached hydrogens (tertiary/aromatic N) is 5. The average molecular weight is 336 g/mol. The molecule has 0 spiro atoms. The molecule has 0 saturated heterocycles. The van der Waals surface area contributed by atoms with E-state index in [4.69, 9.17) is 0 Å². The van der Waals surface area contributed by atoms with E-state index in [0.29, 0.717) is 17.9 Å². The highest BCUT2D eigenvalue weighted by Gasteiger charge is 2.13. The van der Waals surface area contributed by atoms with Crippen LogP contribution in [0.4, 0.5) is 5.82 Å². The lowest BCUT2D eigenvalue weighted by Gasteiger charge is -2.15. The quantitative estimate of drug-likeness (QED) is 0.771. The number of aromatic nitrogens is 4. The first-order chi connectivity index (χ1) is 12.1. The Hall–Kier alpha value is -3.22. The van der Waals surface area contributed by atoms with E-state index in [-0.39, 0.29) is 5.91 Å². The van der Waals surface area contributed by atoms with Crippen LogP contribution in [-0.2, 0) is 6.54 Å². The Morgan fingerprint density at radius 2 is 2.00 bits per heavy atom. The van der Waals surface area contributed by atoms with Crippen molar-refractivity contribution in [2.24, 2.45) is 0 Å². The van der Waals surface area contributed by atoms with Crippen LogP contribution < -0.4 is 10.2 Å². The summed E-state index contributed by atoms with van der Waals surface area (Å²) in [6.07, 6.45) is 7.00. The first-order valence-corrected chi connectivity index (χ1v) is 7.92. The molecule has 0 unspecified atom stereocenters. The van der Waals surface area contributed by atoms with Crippen molar-refractivity contribution < 1.29 is 4.79 Å². The Labute approximate surface area is 146 Å². The maximum absolute atomic E-state index is 12.5. The monoisotopic (exact) mass is 336 g/mol. The molecule has 3 heterocycles. The van der Waals surface area contributed by atoms with Crippen molar-refractivity contribution in [2.75, 3.05) is 19.0 Å². The molecule has 3 aromatic rings. The van der Waals surface area contributed by atoms with Gasteiger partial charge in [0.2, 0.25) is 0 Å². The largest absolute Gasteiger partial charge is 0.362 e. The third-order valence-corrected chi connectivity index (χ3v) is 3.79. The average Bonchev–Trinajstić information content (AvgIpc) is 3.06. The van der Waals surface area contributed by atoms with Crippen molar-refractivity contribution >= 4 is 11.7 Å². The maximum Gasteiger partial charge on any atom is 0.255 e. The highest BCUT2D eigenvalue weighted by atomic mass is 16.1. The molecule has 7 heteroatoms. The number of hydrogen-bond acceptors (Lipinski definition) is 5. The second-order valence-corrected chi connectivity index (χ2v) is 5.82. The summed E-state index contributed by atoms with van der Waals surface area (Å²) in [4.78, 5) is 27.1. The summed E-state index contributed by atoms with van der Waals surface area (Å²) >= 11 is 0. The molecule has 0 aliphatic carbocycles. The molecule has 0 bridgehead atoms. The van der Waals surface area contributed by atoms with Crippen molar-refractivity contribution in [1.29, 1.82) is 0 Å². The van der Waals surface area contributed by atoms with Crippen molar-refractivity contribution in [3.63, 3.8) is 0 Å². The van der Waals surface area contributed by atoms with Crippen LogP contribution >= 0.6 is 0 Å². The first-order valence-electron chi connectivity index (χ1n) is 7.92. The van der Waals surface area contributed by atoms with Crippen LogP contribution in [0.5, 0.6) is 0 Å². The Bertz CT molecular complexity index is 887. The molecule has 0 atom stereocenters. The van der Waals surface area contributed by atoms with Gasteiger partial charge in [-0.1, -0.05) is 0 Å². The summed E-state index contributed by atoms with van der Waals surface area (Å²) in [5.74, 6) is 2.12. The predicted octanol–water partition coefficient (Wildman–Crippen LogP) is 1.97. The van der Waals surface area contributed by atoms with Crippen molar-refractivity contribution in [1.82, 2.24) is 24.8 Å². The highest BCUT2D eigenvalue weighted by molar-refractivity contribution is 5.98. The van der Waals surface area contributed by atoms with Gasteiger partial charge in [-0.15, -0.1) is 0 Å². The SMILES string of the molecule is Cc1nccn1-c1cc(CNC(=O)c2cccnc2N(C)C)ccn1. The predicted molar refractivity (Wildman–Crippen MR) is 95.8 cm³/mol. The van der Waals surface area contributed by atoms with Crippen molar-refractivity contribution in [3.05, 3.63) is 66.0 Å². The molecule has 0 radical (unpaired) electrons. The van der Waals surface area contributed by atoms with E-state index in [2.05, 4.69) is 20.3 Å². The summed E-state index contributed by atoms with van der Waals surface area (Å²) in [6.45, 7) is 2.32. The lowest BCUT2D eigenvalue weighted by Crippen LogP contribution is -2.26. The van der Waals surface area contributed by atoms with E-state index >= 15 is 0 Å². The van der Waals surface area contributed by atoms with E-state index in [1.54, 1.807) is 30.7 Å². The van der Waals surface area contributed by atoms with E-state index < -0.39 is 0 Å². The first kappa shape index (κ1) is 16.6. The molecule has 1 N–H and O–H groups in total. The highest BCUT2D eigenvalue weighted by Crippen LogP contribution is 2.15. The number of pyridine rings is 2. The zero-order valence-corrected chi connectivity index (χ0v) is 14.5. The standard InChI is InChI=1S/C18H20N6O/c1-13-19-9-10-24(13)16-11-14(6-8-20-16)12-22-18(25)15-5-4-7-21-17(15)23(2)3/h4-11H,12H2,1-3H3,(H,22,25). The fourth-order valence-electron chi connectivity index (χ4n) is 2.53. The number of carbonyl (C=O) groups is 1. The van der Waals surface area contributed by atoms with Gasteiger partial charge >= 0.3 is 0 Å². The molecule has 25 heavy (non-hydrogen) atoms. The molecule has 1 amide bonds. The summed E-state index contributed by atoms with van der Waals surface area (Å²) in [7, 11) is 3.73. The van der Waals surface area contributed by atoms with Crippen LogP contribution in [0, 0.1) is 6.92 Å². The van der Waals surface area contributed by atoms with Crippen LogP contribution in [0.2, 0.25) is 0 Å². The van der Waals surface area contributed by atoms with Gasteiger partial charge in [0.25, 0.3) is 5.91 Å². The van der Waals surface area contributed by atoms with Crippen molar-refractivity contribution in [3.8, 4) is 5.82 Å². The lowest BCUT2D eigenvalue weighted by atomic mass is 10.2. The van der Waals surface area contributed by atoms with Crippen LogP contribution in [0.1, 0.15) is 21.7 Å². The van der Waals surface area contributed by atoms with Crippen LogP contribution in [-0.4, -0.2) is 39.5 Å². The number of anilines is 1. The van der Waals surface area contributed by atoms with Gasteiger partial charge in [0.05, 0.1) is 5.56 Å². The molecule has 0 aliphatic heterocycles. The Morgan fingerprint density at radius 1 is 1.16 bits per heavy atom. The smallest absolute Gasteiger partial charge is 0.255 e. The number of nitrogens with one attached hydrogen (secondary N) is 1. The van der Waals surface area contributed by atoms with Gasteiger partial charge in [0.1, 0.15) is 17.5 Å². The molecule has 0 aliphatic rings. The Morgan fingerprint density at radius 3 is 2.72 bits per heavy atom. The minimum atomic E-state index is -0.158. The molecule has 3 aromatic heterocycles. The summed E-state index contributed by atoms with van der Waals surface area (Å²) in [5.41, 5.74) is 1.51. The fourth-order valence-corrected chi connectivity index (χ4v) is 2.53. The molecule has 7 nitrogen and oxygen atoms in total. The molecule has 0 saturated carbocycles. The van der Waals surface area contributed by atoms with Crippen molar-refractivity contribution in [2.45, 2.75) is 13.5 Å². The van der Waals surface area contributed by atoms with Gasteiger partial charge in [-0.3, -0.25) is 9.36 Å². The second-order valence-electron chi connectivity index (χ2n) is 5.82. The topological polar surface area (TPSA) is 75.9 Å². The number of carbonyl (C=O) groups excluding carboxylic acids is 1. The maximum atomic E-state index is 12.5. The fraction of sp³-hybridized carbons (Fsp3) is 0.222. The number of rotatable bonds is 5. The van der Waals surface area contributed by atoms with Gasteiger partial charge in [0, 0.05) is 45.4 Å². The zero-order chi connectivity index (χ0) is 17.8. The molecule has 3 rings (SSSR count). The summed E-state index contributed by atoms with van der Waals surface area (Å²) in [6, 6.07) is 7.34. The van der Waals surface area contributed by atoms with Crippen LogP contribution in [0.15, 0.2) is 49.1 Å². The van der Waals surface area contributed by atoms with Gasteiger partial charge < -0.3 is 10.2 Å². The zero-order valence-electron chi connectivity index (χ0n) is 14.5. The summed E-state index contributed by atoms with van der Waals surface area (Å²) < 4.78 is 1.90. The Kier molecular flexibility index (Phi) is 4.74. The number of aryl methyl sites for hydroxylation is 1. The third-order valence-electron chi connectivity index (χ3n) is 3.79. The number of imidazole rings is 1. The van der Waals surface area contributed by atoms with E-state index in [9.17, 15) is 4.79 Å². The molecular formula is C18H20N6O. The van der Waals surface area contributed by atoms with Gasteiger partial charge in [-0.25, -0.2) is 15.0 Å². The van der Waals surface area contributed by atoms with E-state index in [1.165, 1.54) is 0 Å². The Balaban J connectivity index is 1.74. The van der Waals surface area contributed by atoms with Crippen LogP contribution in [0.3, 0.4) is 0 Å². The molecule has 0 aromatic carbocycles. The van der Waals surface area contributed by atoms with E-state index in [0.717, 1.165) is 17.2 Å². The van der Waals surface area contributed by atoms with Crippen LogP contribution in [0.25, 0.3) is 5.82 Å². The minimum Gasteiger partial charge on any atom is -0.362 e. The van der Waals surface area contributed by atoms with E-state index in [1.807, 2.05) is 48.8 Å². The normalized spacial score (nSPS) is 10.5. The number of amides is 1. The number of hydrogen-bond donors (Lipinski definition) is 1. The minimum absolute atomic E-state index is 0.158. The molecule has 128 valence electrons. The molecular weight excluding hydrogens is 316 g/mol. The lowest BCUT2D eigenvalue weighted by molar-refractivity contribution is 0.0951. The molecule has 0 fully saturated rings. The second kappa shape index (κ2) is 7.12. The van der Waals surface area contributed by atoms with Gasteiger partial charge in [-0.05, 0) is 36.8 Å². The van der Waals surface area contributed by atoms with Gasteiger partial charge in [0.15, 0.2) is 0 Å². The van der Waals surface area contributed by atoms with Gasteiger partial charge in [-0.2, -0.15) is 0 Å². The summed E-state index contributed by atoms with van der Waals surface area (Å²) in [5, 5.41) is 2.94. The third kappa shape index (κ3) is 3.65.